The number of allylic oxidation sites excluding steroid dienone is 8. The zero-order valence-corrected chi connectivity index (χ0v) is 14.4. The molecule has 1 atom stereocenters. The van der Waals surface area contributed by atoms with Crippen LogP contribution in [0.15, 0.2) is 67.0 Å². The number of nitrogens with zero attached hydrogens (tertiary/aromatic N) is 3. The van der Waals surface area contributed by atoms with Gasteiger partial charge in [0.1, 0.15) is 5.82 Å². The Morgan fingerprint density at radius 1 is 1.27 bits per heavy atom. The van der Waals surface area contributed by atoms with Crippen molar-refractivity contribution in [3.63, 3.8) is 0 Å². The predicted octanol–water partition coefficient (Wildman–Crippen LogP) is 4.65. The predicted molar refractivity (Wildman–Crippen MR) is 97.0 cm³/mol. The van der Waals surface area contributed by atoms with Crippen molar-refractivity contribution < 1.29 is 13.2 Å². The average Bonchev–Trinajstić information content (AvgIpc) is 2.85. The van der Waals surface area contributed by atoms with E-state index in [2.05, 4.69) is 22.1 Å². The van der Waals surface area contributed by atoms with Crippen molar-refractivity contribution in [2.45, 2.75) is 32.0 Å². The zero-order chi connectivity index (χ0) is 19.0. The van der Waals surface area contributed by atoms with Gasteiger partial charge in [-0.25, -0.2) is 0 Å². The summed E-state index contributed by atoms with van der Waals surface area (Å²) in [5, 5.41) is 11.2. The molecule has 0 aromatic carbocycles. The first-order chi connectivity index (χ1) is 12.5. The van der Waals surface area contributed by atoms with Crippen LogP contribution in [0.3, 0.4) is 0 Å². The molecule has 0 saturated heterocycles. The Bertz CT molecular complexity index is 764. The van der Waals surface area contributed by atoms with Crippen LogP contribution in [0, 0.1) is 0 Å². The number of halogens is 3. The maximum Gasteiger partial charge on any atom is 0.417 e. The molecule has 1 aliphatic rings. The fourth-order valence-electron chi connectivity index (χ4n) is 2.42. The zero-order valence-electron chi connectivity index (χ0n) is 14.4. The Balaban J connectivity index is 2.29. The highest BCUT2D eigenvalue weighted by atomic mass is 19.4. The van der Waals surface area contributed by atoms with Gasteiger partial charge in [-0.3, -0.25) is 4.57 Å². The minimum atomic E-state index is -4.43. The van der Waals surface area contributed by atoms with Gasteiger partial charge in [0, 0.05) is 12.6 Å². The molecule has 2 heterocycles. The molecule has 0 amide bonds. The maximum atomic E-state index is 13.1. The van der Waals surface area contributed by atoms with Gasteiger partial charge in [0.2, 0.25) is 0 Å². The van der Waals surface area contributed by atoms with E-state index in [1.54, 1.807) is 0 Å². The molecule has 0 spiro atoms. The van der Waals surface area contributed by atoms with E-state index in [-0.39, 0.29) is 12.5 Å². The molecule has 0 fully saturated rings. The van der Waals surface area contributed by atoms with Crippen LogP contribution in [0.2, 0.25) is 0 Å². The van der Waals surface area contributed by atoms with E-state index >= 15 is 0 Å². The van der Waals surface area contributed by atoms with E-state index in [0.717, 1.165) is 12.3 Å². The van der Waals surface area contributed by atoms with Gasteiger partial charge in [-0.15, -0.1) is 10.2 Å². The number of hydrogen-bond acceptors (Lipinski definition) is 3. The third-order valence-electron chi connectivity index (χ3n) is 3.65. The molecule has 0 radical (unpaired) electrons. The van der Waals surface area contributed by atoms with Crippen molar-refractivity contribution in [3.05, 3.63) is 78.6 Å². The fourth-order valence-corrected chi connectivity index (χ4v) is 2.42. The van der Waals surface area contributed by atoms with Crippen LogP contribution in [0.4, 0.5) is 13.2 Å². The molecule has 7 heteroatoms. The van der Waals surface area contributed by atoms with Gasteiger partial charge in [0.05, 0.1) is 11.6 Å². The summed E-state index contributed by atoms with van der Waals surface area (Å²) in [4.78, 5) is 0. The van der Waals surface area contributed by atoms with Gasteiger partial charge >= 0.3 is 6.18 Å². The summed E-state index contributed by atoms with van der Waals surface area (Å²) >= 11 is 0. The van der Waals surface area contributed by atoms with Crippen molar-refractivity contribution in [1.82, 2.24) is 20.1 Å². The quantitative estimate of drug-likeness (QED) is 0.718. The number of nitrogens with one attached hydrogen (secondary N) is 1. The Hall–Kier alpha value is -2.83. The second-order valence-corrected chi connectivity index (χ2v) is 5.53. The average molecular weight is 362 g/mol. The monoisotopic (exact) mass is 362 g/mol. The number of fused-ring (bicyclic) bond motifs is 1. The molecule has 1 aromatic heterocycles. The standard InChI is InChI=1S/C19H21F3N4/c1-3-5-6-7-8-9-12-16(23-4-2)18-25-24-17-13-10-11-15(14-26(17)18)19(20,21)22/h3-11,14,16,23H,2,12-13H2,1H3/b5-3-,7-6-,9-8+/t16-/m1/s1. The maximum absolute atomic E-state index is 13.1. The lowest BCUT2D eigenvalue weighted by molar-refractivity contribution is -0.0874. The van der Waals surface area contributed by atoms with Gasteiger partial charge < -0.3 is 5.32 Å². The summed E-state index contributed by atoms with van der Waals surface area (Å²) in [5.41, 5.74) is -0.737. The number of alkyl halides is 3. The molecule has 1 aromatic rings. The summed E-state index contributed by atoms with van der Waals surface area (Å²) in [6.07, 6.45) is 12.8. The molecule has 0 saturated carbocycles. The molecule has 1 N–H and O–H groups in total. The summed E-state index contributed by atoms with van der Waals surface area (Å²) in [7, 11) is 0. The number of aromatic nitrogens is 3. The second kappa shape index (κ2) is 9.03. The van der Waals surface area contributed by atoms with Crippen molar-refractivity contribution >= 4 is 6.20 Å². The van der Waals surface area contributed by atoms with Crippen LogP contribution in [-0.2, 0) is 6.42 Å². The Kier molecular flexibility index (Phi) is 6.77. The van der Waals surface area contributed by atoms with Crippen molar-refractivity contribution in [2.75, 3.05) is 0 Å². The van der Waals surface area contributed by atoms with Gasteiger partial charge in [-0.2, -0.15) is 13.2 Å². The lowest BCUT2D eigenvalue weighted by atomic mass is 10.1. The normalized spacial score (nSPS) is 16.1. The second-order valence-electron chi connectivity index (χ2n) is 5.53. The first kappa shape index (κ1) is 19.5. The number of rotatable bonds is 7. The summed E-state index contributed by atoms with van der Waals surface area (Å²) in [6.45, 7) is 5.56. The molecular formula is C19H21F3N4. The highest BCUT2D eigenvalue weighted by Crippen LogP contribution is 2.30. The SMILES string of the molecule is C=CN[C@H](C/C=C/C=C\C=C/C)c1nnc2n1C=C(C(F)(F)F)C=CC2. The minimum Gasteiger partial charge on any atom is -0.381 e. The molecule has 0 unspecified atom stereocenters. The molecule has 4 nitrogen and oxygen atoms in total. The van der Waals surface area contributed by atoms with E-state index in [1.807, 2.05) is 43.4 Å². The summed E-state index contributed by atoms with van der Waals surface area (Å²) < 4.78 is 40.8. The van der Waals surface area contributed by atoms with E-state index in [9.17, 15) is 13.2 Å². The van der Waals surface area contributed by atoms with E-state index < -0.39 is 11.7 Å². The van der Waals surface area contributed by atoms with Gasteiger partial charge in [-0.05, 0) is 19.5 Å². The summed E-state index contributed by atoms with van der Waals surface area (Å²) in [6, 6.07) is -0.344. The minimum absolute atomic E-state index is 0.284. The molecule has 138 valence electrons. The van der Waals surface area contributed by atoms with Crippen LogP contribution < -0.4 is 5.32 Å². The molecule has 0 aliphatic carbocycles. The third kappa shape index (κ3) is 5.08. The fraction of sp³-hybridized carbons (Fsp3) is 0.263. The summed E-state index contributed by atoms with van der Waals surface area (Å²) in [5.74, 6) is 0.871. The van der Waals surface area contributed by atoms with Crippen LogP contribution in [0.25, 0.3) is 6.20 Å². The van der Waals surface area contributed by atoms with Gasteiger partial charge in [0.15, 0.2) is 5.82 Å². The van der Waals surface area contributed by atoms with E-state index in [4.69, 9.17) is 0 Å². The first-order valence-electron chi connectivity index (χ1n) is 8.18. The molecule has 2 rings (SSSR count). The lowest BCUT2D eigenvalue weighted by Crippen LogP contribution is -2.19. The third-order valence-corrected chi connectivity index (χ3v) is 3.65. The molecular weight excluding hydrogens is 341 g/mol. The smallest absolute Gasteiger partial charge is 0.381 e. The topological polar surface area (TPSA) is 42.7 Å². The molecule has 26 heavy (non-hydrogen) atoms. The van der Waals surface area contributed by atoms with Crippen LogP contribution in [0.1, 0.15) is 31.0 Å². The Labute approximate surface area is 150 Å². The first-order valence-corrected chi connectivity index (χ1v) is 8.18. The van der Waals surface area contributed by atoms with Crippen LogP contribution in [-0.4, -0.2) is 20.9 Å². The van der Waals surface area contributed by atoms with Crippen molar-refractivity contribution in [2.24, 2.45) is 0 Å². The molecule has 0 bridgehead atoms. The lowest BCUT2D eigenvalue weighted by Gasteiger charge is -2.16. The largest absolute Gasteiger partial charge is 0.417 e. The van der Waals surface area contributed by atoms with Crippen LogP contribution in [0.5, 0.6) is 0 Å². The highest BCUT2D eigenvalue weighted by Gasteiger charge is 2.33. The Morgan fingerprint density at radius 3 is 2.73 bits per heavy atom. The molecule has 1 aliphatic heterocycles. The van der Waals surface area contributed by atoms with E-state index in [1.165, 1.54) is 16.8 Å². The van der Waals surface area contributed by atoms with Crippen molar-refractivity contribution in [3.8, 4) is 0 Å². The van der Waals surface area contributed by atoms with Gasteiger partial charge in [-0.1, -0.05) is 55.2 Å². The van der Waals surface area contributed by atoms with Gasteiger partial charge in [0.25, 0.3) is 0 Å². The van der Waals surface area contributed by atoms with E-state index in [0.29, 0.717) is 18.1 Å². The van der Waals surface area contributed by atoms with Crippen LogP contribution >= 0.6 is 0 Å². The highest BCUT2D eigenvalue weighted by molar-refractivity contribution is 5.45. The number of hydrogen-bond donors (Lipinski definition) is 1. The van der Waals surface area contributed by atoms with Crippen molar-refractivity contribution in [1.29, 1.82) is 0 Å². The Morgan fingerprint density at radius 2 is 2.04 bits per heavy atom.